The molecule has 0 atom stereocenters. The van der Waals surface area contributed by atoms with Crippen LogP contribution in [0.4, 0.5) is 22.0 Å². The number of likely N-dealkylation sites (tertiary alicyclic amines) is 1. The average Bonchev–Trinajstić information content (AvgIpc) is 1.61. The Kier molecular flexibility index (Phi) is 18.8. The number of H-pyrrole nitrogens is 2. The number of nitrogens with zero attached hydrogens (tertiary/aromatic N) is 8. The predicted molar refractivity (Wildman–Crippen MR) is 393 cm³/mol. The van der Waals surface area contributed by atoms with Gasteiger partial charge < -0.3 is 48.3 Å². The van der Waals surface area contributed by atoms with E-state index in [0.717, 1.165) is 141 Å². The smallest absolute Gasteiger partial charge is 0.258 e. The molecule has 1 fully saturated rings. The Labute approximate surface area is 574 Å². The SMILES string of the molecule is CN1Cc2c(ccc3c2c2ccccc2n3CCC(F)F)C1=O.N#Cc1cccc2c1c1c3cc[nH]c(=O)c3ccc1n2CCCF.NC(=O)c1cccc2c1c1c3cc[nH]c(=O)c3ccc1n2CCCF.O=c1c2ccc3c(c2ccn1CCN1CCCC1)c1ccccc1n3CCCF. The highest BCUT2D eigenvalue weighted by atomic mass is 19.3. The lowest BCUT2D eigenvalue weighted by Gasteiger charge is -2.15. The van der Waals surface area contributed by atoms with Crippen LogP contribution in [-0.2, 0) is 39.3 Å². The van der Waals surface area contributed by atoms with Gasteiger partial charge in [0.2, 0.25) is 12.3 Å². The van der Waals surface area contributed by atoms with Crippen molar-refractivity contribution in [3.8, 4) is 6.07 Å². The number of aryl methyl sites for hydroxylation is 4. The Morgan fingerprint density at radius 2 is 0.980 bits per heavy atom. The number of nitriles is 1. The van der Waals surface area contributed by atoms with Gasteiger partial charge in [-0.2, -0.15) is 5.26 Å². The number of hydrogen-bond donors (Lipinski definition) is 3. The summed E-state index contributed by atoms with van der Waals surface area (Å²) in [6.07, 6.45) is 6.42. The first-order chi connectivity index (χ1) is 49.2. The summed E-state index contributed by atoms with van der Waals surface area (Å²) < 4.78 is 73.7. The molecule has 0 bridgehead atoms. The van der Waals surface area contributed by atoms with Gasteiger partial charge in [0.15, 0.2) is 0 Å². The second-order valence-electron chi connectivity index (χ2n) is 25.7. The van der Waals surface area contributed by atoms with Crippen LogP contribution in [-0.4, -0.2) is 108 Å². The van der Waals surface area contributed by atoms with Gasteiger partial charge in [0, 0.05) is 187 Å². The van der Waals surface area contributed by atoms with Crippen LogP contribution in [0.5, 0.6) is 0 Å². The van der Waals surface area contributed by atoms with E-state index in [1.807, 2.05) is 128 Å². The van der Waals surface area contributed by atoms with Crippen LogP contribution in [0.1, 0.15) is 70.4 Å². The molecule has 21 heteroatoms. The third-order valence-electron chi connectivity index (χ3n) is 19.9. The van der Waals surface area contributed by atoms with Crippen molar-refractivity contribution in [1.82, 2.24) is 42.6 Å². The zero-order valence-electron chi connectivity index (χ0n) is 55.6. The fourth-order valence-electron chi connectivity index (χ4n) is 15.4. The van der Waals surface area contributed by atoms with E-state index in [0.29, 0.717) is 72.7 Å². The van der Waals surface area contributed by atoms with Gasteiger partial charge in [-0.1, -0.05) is 48.5 Å². The second-order valence-corrected chi connectivity index (χ2v) is 25.7. The van der Waals surface area contributed by atoms with Gasteiger partial charge in [0.1, 0.15) is 0 Å². The first kappa shape index (κ1) is 66.8. The number of primary amides is 1. The van der Waals surface area contributed by atoms with Crippen LogP contribution < -0.4 is 22.4 Å². The summed E-state index contributed by atoms with van der Waals surface area (Å²) >= 11 is 0. The van der Waals surface area contributed by atoms with E-state index in [1.54, 1.807) is 54.7 Å². The molecule has 4 N–H and O–H groups in total. The minimum absolute atomic E-state index is 0.0197. The maximum atomic E-state index is 13.2. The quantitative estimate of drug-likeness (QED) is 0.0800. The van der Waals surface area contributed by atoms with Crippen LogP contribution in [0.2, 0.25) is 0 Å². The zero-order chi connectivity index (χ0) is 70.2. The normalized spacial score (nSPS) is 13.2. The molecule has 512 valence electrons. The van der Waals surface area contributed by atoms with Gasteiger partial charge in [-0.25, -0.2) is 8.78 Å². The van der Waals surface area contributed by atoms with Crippen molar-refractivity contribution in [3.05, 3.63) is 224 Å². The van der Waals surface area contributed by atoms with E-state index in [9.17, 15) is 51.2 Å². The summed E-state index contributed by atoms with van der Waals surface area (Å²) in [4.78, 5) is 71.1. The molecule has 1 saturated heterocycles. The molecule has 2 amide bonds. The number of nitrogens with two attached hydrogens (primary N) is 1. The number of aromatic nitrogens is 7. The molecule has 7 aromatic heterocycles. The lowest BCUT2D eigenvalue weighted by molar-refractivity contribution is 0.0816. The van der Waals surface area contributed by atoms with Gasteiger partial charge in [-0.3, -0.25) is 37.1 Å². The Balaban J connectivity index is 0.000000115. The van der Waals surface area contributed by atoms with Crippen molar-refractivity contribution in [2.24, 2.45) is 5.73 Å². The van der Waals surface area contributed by atoms with Crippen molar-refractivity contribution in [1.29, 1.82) is 5.26 Å². The predicted octanol–water partition coefficient (Wildman–Crippen LogP) is 15.6. The number of carbonyl (C=O) groups is 2. The lowest BCUT2D eigenvalue weighted by Crippen LogP contribution is -2.28. The van der Waals surface area contributed by atoms with Gasteiger partial charge in [0.05, 0.1) is 37.2 Å². The average molecular weight is 1360 g/mol. The molecule has 0 radical (unpaired) electrons. The van der Waals surface area contributed by atoms with E-state index in [2.05, 4.69) is 43.7 Å². The standard InChI is InChI=1S/C24H26FN3O.C19H16FN3O2.C19H14FN3O.C18H16F2N2O/c25-11-5-14-28-21-7-2-1-6-20(21)23-18-10-15-27(17-16-26-12-3-4-13-26)24(29)19(18)8-9-22(23)28;20-8-2-10-23-14-4-1-3-13(18(21)24)17(14)16-11-7-9-22-19(25)12(11)5-6-15(16)23;20-8-2-10-23-15-4-1-3-12(11-21)17(15)18-13-7-9-22-19(24)14(13)5-6-16(18)23;1-21-10-13-11(18(21)23)6-7-15-17(13)12-4-2-3-5-14(12)22(15)9-8-16(19)20/h1-2,6-10,15H,3-5,11-14,16-17H2;1,3-7,9H,2,8,10H2,(H2,21,24)(H,22,25);1,3-7,9H,2,8,10H2,(H,22,24);2-7,16H,8-10H2,1H3. The third kappa shape index (κ3) is 12.1. The fourth-order valence-corrected chi connectivity index (χ4v) is 15.4. The number of rotatable bonds is 16. The van der Waals surface area contributed by atoms with Gasteiger partial charge in [-0.05, 0) is 170 Å². The van der Waals surface area contributed by atoms with Crippen LogP contribution >= 0.6 is 0 Å². The van der Waals surface area contributed by atoms with Crippen LogP contribution in [0.25, 0.3) is 120 Å². The maximum absolute atomic E-state index is 13.2. The van der Waals surface area contributed by atoms with E-state index in [-0.39, 0.29) is 42.2 Å². The number of halogens is 5. The summed E-state index contributed by atoms with van der Waals surface area (Å²) in [5.74, 6) is -0.511. The molecule has 17 rings (SSSR count). The maximum Gasteiger partial charge on any atom is 0.258 e. The lowest BCUT2D eigenvalue weighted by atomic mass is 10.0. The molecule has 0 unspecified atom stereocenters. The highest BCUT2D eigenvalue weighted by molar-refractivity contribution is 6.26. The third-order valence-corrected chi connectivity index (χ3v) is 19.9. The Hall–Kier alpha value is -11.4. The molecular weight excluding hydrogens is 1290 g/mol. The summed E-state index contributed by atoms with van der Waals surface area (Å²) in [6.45, 7) is 5.26. The fraction of sp³-hybridized carbons (Fsp3) is 0.250. The number of pyridine rings is 3. The summed E-state index contributed by atoms with van der Waals surface area (Å²) in [7, 11) is 1.78. The number of nitrogens with one attached hydrogen (secondary N) is 2. The summed E-state index contributed by atoms with van der Waals surface area (Å²) in [5, 5.41) is 21.4. The zero-order valence-corrected chi connectivity index (χ0v) is 55.6. The van der Waals surface area contributed by atoms with Crippen molar-refractivity contribution in [2.75, 3.05) is 46.7 Å². The first-order valence-electron chi connectivity index (χ1n) is 34.0. The van der Waals surface area contributed by atoms with E-state index < -0.39 is 25.7 Å². The Morgan fingerprint density at radius 3 is 1.56 bits per heavy atom. The Morgan fingerprint density at radius 1 is 0.495 bits per heavy atom. The van der Waals surface area contributed by atoms with E-state index in [4.69, 9.17) is 5.73 Å². The van der Waals surface area contributed by atoms with Crippen LogP contribution in [0.3, 0.4) is 0 Å². The molecule has 101 heavy (non-hydrogen) atoms. The van der Waals surface area contributed by atoms with Crippen molar-refractivity contribution in [3.63, 3.8) is 0 Å². The monoisotopic (exact) mass is 1360 g/mol. The Bertz CT molecular complexity index is 5990. The van der Waals surface area contributed by atoms with Gasteiger partial charge >= 0.3 is 0 Å². The molecule has 0 aliphatic carbocycles. The largest absolute Gasteiger partial charge is 0.366 e. The number of aromatic amines is 2. The highest BCUT2D eigenvalue weighted by Gasteiger charge is 2.29. The topological polar surface area (TPSA) is 198 Å². The van der Waals surface area contributed by atoms with E-state index >= 15 is 0 Å². The van der Waals surface area contributed by atoms with Crippen molar-refractivity contribution >= 4 is 131 Å². The van der Waals surface area contributed by atoms with Gasteiger partial charge in [-0.15, -0.1) is 0 Å². The number of para-hydroxylation sites is 2. The molecule has 9 heterocycles. The minimum Gasteiger partial charge on any atom is -0.366 e. The minimum atomic E-state index is -2.33. The van der Waals surface area contributed by atoms with Crippen molar-refractivity contribution in [2.45, 2.75) is 84.2 Å². The van der Waals surface area contributed by atoms with Crippen LogP contribution in [0.15, 0.2) is 185 Å². The second kappa shape index (κ2) is 28.5. The highest BCUT2D eigenvalue weighted by Crippen LogP contribution is 2.41. The molecule has 15 aromatic rings. The molecule has 8 aromatic carbocycles. The van der Waals surface area contributed by atoms with Gasteiger partial charge in [0.25, 0.3) is 22.6 Å². The molecule has 0 spiro atoms. The molecule has 16 nitrogen and oxygen atoms in total. The first-order valence-corrected chi connectivity index (χ1v) is 34.0. The molecular formula is C80H72F5N11O5. The summed E-state index contributed by atoms with van der Waals surface area (Å²) in [6, 6.07) is 49.8. The van der Waals surface area contributed by atoms with Crippen LogP contribution in [0, 0.1) is 11.3 Å². The number of carbonyl (C=O) groups excluding carboxylic acids is 2. The number of alkyl halides is 5. The molecule has 2 aliphatic rings. The molecule has 2 aliphatic heterocycles. The summed E-state index contributed by atoms with van der Waals surface area (Å²) in [5.41, 5.74) is 15.5. The number of hydrogen-bond acceptors (Lipinski definition) is 7. The van der Waals surface area contributed by atoms with Crippen molar-refractivity contribution < 1.29 is 31.5 Å². The molecule has 0 saturated carbocycles. The number of benzene rings is 8. The van der Waals surface area contributed by atoms with E-state index in [1.165, 1.54) is 12.8 Å². The number of amides is 2. The number of fused-ring (bicyclic) bond motifs is 20.